The van der Waals surface area contributed by atoms with E-state index in [1.807, 2.05) is 0 Å². The number of carbonyl (C=O) groups excluding carboxylic acids is 1. The first-order chi connectivity index (χ1) is 6.41. The molecule has 1 unspecified atom stereocenters. The highest BCUT2D eigenvalue weighted by Crippen LogP contribution is 2.04. The maximum Gasteiger partial charge on any atom is 0.317 e. The lowest BCUT2D eigenvalue weighted by molar-refractivity contribution is 0.186. The van der Waals surface area contributed by atoms with Crippen LogP contribution in [0, 0.1) is 0 Å². The molecule has 0 saturated carbocycles. The van der Waals surface area contributed by atoms with E-state index >= 15 is 0 Å². The molecule has 1 aliphatic heterocycles. The Morgan fingerprint density at radius 3 is 2.79 bits per heavy atom. The molecule has 82 valence electrons. The second kappa shape index (κ2) is 4.14. The van der Waals surface area contributed by atoms with Crippen LogP contribution in [0.1, 0.15) is 13.3 Å². The zero-order chi connectivity index (χ0) is 10.8. The summed E-state index contributed by atoms with van der Waals surface area (Å²) >= 11 is 0. The Bertz CT molecular complexity index is 314. The molecule has 1 rings (SSSR count). The lowest BCUT2D eigenvalue weighted by Crippen LogP contribution is -2.50. The minimum Gasteiger partial charge on any atom is -0.338 e. The molecular formula is C7H15N3O3S. The highest BCUT2D eigenvalue weighted by molar-refractivity contribution is 7.89. The van der Waals surface area contributed by atoms with Crippen molar-refractivity contribution < 1.29 is 13.2 Å². The number of primary sulfonamides is 1. The number of carbonyl (C=O) groups is 1. The zero-order valence-corrected chi connectivity index (χ0v) is 8.88. The van der Waals surface area contributed by atoms with Gasteiger partial charge in [0.2, 0.25) is 10.0 Å². The summed E-state index contributed by atoms with van der Waals surface area (Å²) in [5.74, 6) is 0. The second-order valence-corrected chi connectivity index (χ2v) is 5.41. The van der Waals surface area contributed by atoms with E-state index in [1.54, 1.807) is 0 Å². The van der Waals surface area contributed by atoms with Crippen LogP contribution in [0.4, 0.5) is 4.79 Å². The van der Waals surface area contributed by atoms with Crippen molar-refractivity contribution in [2.75, 3.05) is 19.6 Å². The number of sulfonamides is 1. The summed E-state index contributed by atoms with van der Waals surface area (Å²) in [6.07, 6.45) is 0.836. The number of nitrogens with one attached hydrogen (secondary N) is 1. The summed E-state index contributed by atoms with van der Waals surface area (Å²) in [5.41, 5.74) is 0. The number of hydrogen-bond donors (Lipinski definition) is 2. The summed E-state index contributed by atoms with van der Waals surface area (Å²) < 4.78 is 21.9. The molecule has 3 N–H and O–H groups in total. The lowest BCUT2D eigenvalue weighted by atomic mass is 10.3. The Labute approximate surface area is 83.5 Å². The van der Waals surface area contributed by atoms with E-state index in [-0.39, 0.29) is 12.6 Å². The van der Waals surface area contributed by atoms with Crippen LogP contribution in [0.25, 0.3) is 0 Å². The molecule has 14 heavy (non-hydrogen) atoms. The SMILES string of the molecule is CC(CN1CCCNC1=O)S(N)(=O)=O. The molecule has 6 nitrogen and oxygen atoms in total. The summed E-state index contributed by atoms with van der Waals surface area (Å²) in [5, 5.41) is 6.88. The van der Waals surface area contributed by atoms with Gasteiger partial charge in [-0.3, -0.25) is 0 Å². The number of amides is 2. The van der Waals surface area contributed by atoms with Crippen LogP contribution in [0.15, 0.2) is 0 Å². The van der Waals surface area contributed by atoms with Crippen LogP contribution in [0.3, 0.4) is 0 Å². The number of hydrogen-bond acceptors (Lipinski definition) is 3. The highest BCUT2D eigenvalue weighted by Gasteiger charge is 2.24. The van der Waals surface area contributed by atoms with Gasteiger partial charge in [-0.15, -0.1) is 0 Å². The number of urea groups is 1. The van der Waals surface area contributed by atoms with Crippen molar-refractivity contribution in [2.45, 2.75) is 18.6 Å². The van der Waals surface area contributed by atoms with Crippen molar-refractivity contribution in [2.24, 2.45) is 5.14 Å². The quantitative estimate of drug-likeness (QED) is 0.645. The third-order valence-corrected chi connectivity index (χ3v) is 3.48. The van der Waals surface area contributed by atoms with Crippen molar-refractivity contribution in [3.8, 4) is 0 Å². The second-order valence-electron chi connectivity index (χ2n) is 3.43. The maximum absolute atomic E-state index is 11.2. The molecule has 0 aromatic carbocycles. The molecule has 1 heterocycles. The van der Waals surface area contributed by atoms with Crippen LogP contribution in [-0.4, -0.2) is 44.2 Å². The average Bonchev–Trinajstić information content (AvgIpc) is 2.07. The molecular weight excluding hydrogens is 206 g/mol. The predicted octanol–water partition coefficient (Wildman–Crippen LogP) is -0.921. The molecule has 0 radical (unpaired) electrons. The molecule has 0 spiro atoms. The van der Waals surface area contributed by atoms with Crippen LogP contribution < -0.4 is 10.5 Å². The Kier molecular flexibility index (Phi) is 3.33. The molecule has 1 fully saturated rings. The smallest absolute Gasteiger partial charge is 0.317 e. The standard InChI is InChI=1S/C7H15N3O3S/c1-6(14(8,12)13)5-10-4-2-3-9-7(10)11/h6H,2-5H2,1H3,(H,9,11)(H2,8,12,13). The minimum absolute atomic E-state index is 0.157. The van der Waals surface area contributed by atoms with Gasteiger partial charge in [0.15, 0.2) is 0 Å². The lowest BCUT2D eigenvalue weighted by Gasteiger charge is -2.29. The first-order valence-corrected chi connectivity index (χ1v) is 6.06. The Balaban J connectivity index is 2.55. The van der Waals surface area contributed by atoms with Gasteiger partial charge >= 0.3 is 6.03 Å². The van der Waals surface area contributed by atoms with Gasteiger partial charge in [0.1, 0.15) is 0 Å². The van der Waals surface area contributed by atoms with Gasteiger partial charge in [0, 0.05) is 19.6 Å². The Morgan fingerprint density at radius 2 is 2.29 bits per heavy atom. The van der Waals surface area contributed by atoms with E-state index in [0.29, 0.717) is 13.1 Å². The fraction of sp³-hybridized carbons (Fsp3) is 0.857. The highest BCUT2D eigenvalue weighted by atomic mass is 32.2. The fourth-order valence-corrected chi connectivity index (χ4v) is 1.65. The summed E-state index contributed by atoms with van der Waals surface area (Å²) in [6.45, 7) is 2.90. The van der Waals surface area contributed by atoms with Crippen molar-refractivity contribution in [3.05, 3.63) is 0 Å². The van der Waals surface area contributed by atoms with Gasteiger partial charge in [-0.1, -0.05) is 0 Å². The third kappa shape index (κ3) is 2.85. The van der Waals surface area contributed by atoms with Crippen LogP contribution in [0.5, 0.6) is 0 Å². The minimum atomic E-state index is -3.55. The van der Waals surface area contributed by atoms with Gasteiger partial charge in [0.05, 0.1) is 5.25 Å². The van der Waals surface area contributed by atoms with Gasteiger partial charge < -0.3 is 10.2 Å². The third-order valence-electron chi connectivity index (χ3n) is 2.21. The van der Waals surface area contributed by atoms with Crippen LogP contribution in [0.2, 0.25) is 0 Å². The molecule has 7 heteroatoms. The normalized spacial score (nSPS) is 20.4. The Morgan fingerprint density at radius 1 is 1.64 bits per heavy atom. The molecule has 0 aromatic heterocycles. The molecule has 2 amide bonds. The van der Waals surface area contributed by atoms with E-state index in [4.69, 9.17) is 5.14 Å². The van der Waals surface area contributed by atoms with Crippen molar-refractivity contribution in [3.63, 3.8) is 0 Å². The summed E-state index contributed by atoms with van der Waals surface area (Å²) in [6, 6.07) is -0.216. The Hall–Kier alpha value is -0.820. The van der Waals surface area contributed by atoms with E-state index < -0.39 is 15.3 Å². The molecule has 1 aliphatic rings. The van der Waals surface area contributed by atoms with Crippen molar-refractivity contribution in [1.82, 2.24) is 10.2 Å². The van der Waals surface area contributed by atoms with E-state index in [0.717, 1.165) is 6.42 Å². The van der Waals surface area contributed by atoms with Crippen molar-refractivity contribution in [1.29, 1.82) is 0 Å². The molecule has 0 aliphatic carbocycles. The molecule has 1 atom stereocenters. The van der Waals surface area contributed by atoms with E-state index in [9.17, 15) is 13.2 Å². The summed E-state index contributed by atoms with van der Waals surface area (Å²) in [4.78, 5) is 12.7. The molecule has 0 aromatic rings. The number of nitrogens with two attached hydrogens (primary N) is 1. The van der Waals surface area contributed by atoms with Gasteiger partial charge in [-0.25, -0.2) is 18.4 Å². The van der Waals surface area contributed by atoms with Gasteiger partial charge in [-0.05, 0) is 13.3 Å². The van der Waals surface area contributed by atoms with E-state index in [2.05, 4.69) is 5.32 Å². The van der Waals surface area contributed by atoms with Crippen LogP contribution in [-0.2, 0) is 10.0 Å². The van der Waals surface area contributed by atoms with Crippen LogP contribution >= 0.6 is 0 Å². The maximum atomic E-state index is 11.2. The van der Waals surface area contributed by atoms with Gasteiger partial charge in [-0.2, -0.15) is 0 Å². The fourth-order valence-electron chi connectivity index (χ4n) is 1.27. The van der Waals surface area contributed by atoms with Gasteiger partial charge in [0.25, 0.3) is 0 Å². The van der Waals surface area contributed by atoms with E-state index in [1.165, 1.54) is 11.8 Å². The number of rotatable bonds is 3. The van der Waals surface area contributed by atoms with Crippen molar-refractivity contribution >= 4 is 16.1 Å². The molecule has 1 saturated heterocycles. The summed E-state index contributed by atoms with van der Waals surface area (Å²) in [7, 11) is -3.55. The zero-order valence-electron chi connectivity index (χ0n) is 8.06. The average molecular weight is 221 g/mol. The number of nitrogens with zero attached hydrogens (tertiary/aromatic N) is 1. The largest absolute Gasteiger partial charge is 0.338 e. The predicted molar refractivity (Wildman–Crippen MR) is 52.2 cm³/mol. The molecule has 0 bridgehead atoms. The topological polar surface area (TPSA) is 92.5 Å². The monoisotopic (exact) mass is 221 g/mol. The first-order valence-electron chi connectivity index (χ1n) is 4.45. The first kappa shape index (κ1) is 11.3.